The van der Waals surface area contributed by atoms with Crippen LogP contribution in [-0.2, 0) is 9.53 Å². The molecule has 96 valence electrons. The zero-order valence-corrected chi connectivity index (χ0v) is 11.2. The van der Waals surface area contributed by atoms with Crippen molar-refractivity contribution in [3.05, 3.63) is 41.0 Å². The van der Waals surface area contributed by atoms with Gasteiger partial charge in [-0.05, 0) is 33.3 Å². The van der Waals surface area contributed by atoms with Crippen molar-refractivity contribution in [3.63, 3.8) is 0 Å². The van der Waals surface area contributed by atoms with E-state index in [0.29, 0.717) is 5.57 Å². The van der Waals surface area contributed by atoms with Crippen LogP contribution in [0.4, 0.5) is 0 Å². The van der Waals surface area contributed by atoms with E-state index < -0.39 is 17.7 Å². The molecule has 1 unspecified atom stereocenters. The Bertz CT molecular complexity index is 507. The van der Waals surface area contributed by atoms with Gasteiger partial charge < -0.3 is 9.84 Å². The fourth-order valence-corrected chi connectivity index (χ4v) is 2.37. The number of ether oxygens (including phenoxy) is 1. The molecule has 1 aliphatic rings. The predicted octanol–water partition coefficient (Wildman–Crippen LogP) is 2.46. The molecule has 1 aromatic rings. The van der Waals surface area contributed by atoms with Crippen molar-refractivity contribution in [2.75, 3.05) is 0 Å². The SMILES string of the molecule is Cc1ccc(C2=C(C(C)O)C(=O)OC2(C)C)cc1. The maximum atomic E-state index is 11.8. The molecule has 2 rings (SSSR count). The van der Waals surface area contributed by atoms with Crippen LogP contribution in [0.25, 0.3) is 5.57 Å². The van der Waals surface area contributed by atoms with E-state index in [9.17, 15) is 9.90 Å². The quantitative estimate of drug-likeness (QED) is 0.815. The minimum absolute atomic E-state index is 0.365. The highest BCUT2D eigenvalue weighted by Gasteiger charge is 2.42. The summed E-state index contributed by atoms with van der Waals surface area (Å²) in [7, 11) is 0. The third-order valence-electron chi connectivity index (χ3n) is 3.20. The van der Waals surface area contributed by atoms with Crippen LogP contribution in [0.15, 0.2) is 29.8 Å². The first-order valence-electron chi connectivity index (χ1n) is 6.06. The molecule has 0 saturated carbocycles. The third kappa shape index (κ3) is 2.06. The van der Waals surface area contributed by atoms with E-state index in [-0.39, 0.29) is 0 Å². The van der Waals surface area contributed by atoms with Crippen molar-refractivity contribution in [1.29, 1.82) is 0 Å². The zero-order chi connectivity index (χ0) is 13.5. The standard InChI is InChI=1S/C15H18O3/c1-9-5-7-11(8-6-9)13-12(10(2)16)14(17)18-15(13,3)4/h5-8,10,16H,1-4H3. The summed E-state index contributed by atoms with van der Waals surface area (Å²) in [6, 6.07) is 7.88. The van der Waals surface area contributed by atoms with Gasteiger partial charge in [-0.25, -0.2) is 4.79 Å². The minimum Gasteiger partial charge on any atom is -0.451 e. The summed E-state index contributed by atoms with van der Waals surface area (Å²) < 4.78 is 5.35. The van der Waals surface area contributed by atoms with E-state index in [0.717, 1.165) is 16.7 Å². The highest BCUT2D eigenvalue weighted by molar-refractivity contribution is 6.04. The number of carbonyl (C=O) groups is 1. The normalized spacial score (nSPS) is 19.9. The highest BCUT2D eigenvalue weighted by atomic mass is 16.6. The van der Waals surface area contributed by atoms with E-state index in [2.05, 4.69) is 0 Å². The molecule has 0 radical (unpaired) electrons. The van der Waals surface area contributed by atoms with E-state index in [1.165, 1.54) is 0 Å². The van der Waals surface area contributed by atoms with Crippen LogP contribution in [-0.4, -0.2) is 22.8 Å². The number of rotatable bonds is 2. The zero-order valence-electron chi connectivity index (χ0n) is 11.2. The lowest BCUT2D eigenvalue weighted by Gasteiger charge is -2.22. The Hall–Kier alpha value is -1.61. The van der Waals surface area contributed by atoms with Gasteiger partial charge in [0.15, 0.2) is 0 Å². The van der Waals surface area contributed by atoms with Gasteiger partial charge in [0, 0.05) is 5.57 Å². The second-order valence-corrected chi connectivity index (χ2v) is 5.23. The number of aliphatic hydroxyl groups is 1. The smallest absolute Gasteiger partial charge is 0.337 e. The van der Waals surface area contributed by atoms with Gasteiger partial charge in [0.2, 0.25) is 0 Å². The first-order valence-corrected chi connectivity index (χ1v) is 6.06. The molecule has 0 aliphatic carbocycles. The topological polar surface area (TPSA) is 46.5 Å². The monoisotopic (exact) mass is 246 g/mol. The number of benzene rings is 1. The Kier molecular flexibility index (Phi) is 3.03. The Morgan fingerprint density at radius 2 is 1.78 bits per heavy atom. The molecule has 1 aromatic carbocycles. The molecule has 0 bridgehead atoms. The molecule has 3 heteroatoms. The summed E-state index contributed by atoms with van der Waals surface area (Å²) in [4.78, 5) is 11.8. The number of hydrogen-bond donors (Lipinski definition) is 1. The summed E-state index contributed by atoms with van der Waals surface area (Å²) in [5, 5.41) is 9.78. The molecule has 1 heterocycles. The van der Waals surface area contributed by atoms with Gasteiger partial charge in [0.1, 0.15) is 5.60 Å². The fourth-order valence-electron chi connectivity index (χ4n) is 2.37. The van der Waals surface area contributed by atoms with E-state index in [4.69, 9.17) is 4.74 Å². The summed E-state index contributed by atoms with van der Waals surface area (Å²) in [6.07, 6.45) is -0.824. The van der Waals surface area contributed by atoms with Crippen molar-refractivity contribution in [1.82, 2.24) is 0 Å². The van der Waals surface area contributed by atoms with Crippen LogP contribution in [0.3, 0.4) is 0 Å². The first kappa shape index (κ1) is 12.8. The van der Waals surface area contributed by atoms with Crippen molar-refractivity contribution < 1.29 is 14.6 Å². The van der Waals surface area contributed by atoms with Gasteiger partial charge in [0.25, 0.3) is 0 Å². The van der Waals surface area contributed by atoms with Gasteiger partial charge in [-0.15, -0.1) is 0 Å². The Balaban J connectivity index is 2.62. The second-order valence-electron chi connectivity index (χ2n) is 5.23. The summed E-state index contributed by atoms with van der Waals surface area (Å²) in [5.41, 5.74) is 2.53. The van der Waals surface area contributed by atoms with Crippen molar-refractivity contribution in [3.8, 4) is 0 Å². The molecule has 0 spiro atoms. The largest absolute Gasteiger partial charge is 0.451 e. The maximum absolute atomic E-state index is 11.8. The molecular weight excluding hydrogens is 228 g/mol. The van der Waals surface area contributed by atoms with Crippen molar-refractivity contribution in [2.45, 2.75) is 39.4 Å². The summed E-state index contributed by atoms with van der Waals surface area (Å²) in [6.45, 7) is 7.28. The number of hydrogen-bond acceptors (Lipinski definition) is 3. The second kappa shape index (κ2) is 4.25. The molecule has 1 N–H and O–H groups in total. The Morgan fingerprint density at radius 3 is 2.28 bits per heavy atom. The molecule has 18 heavy (non-hydrogen) atoms. The van der Waals surface area contributed by atoms with Crippen LogP contribution >= 0.6 is 0 Å². The van der Waals surface area contributed by atoms with Gasteiger partial charge in [-0.1, -0.05) is 29.8 Å². The lowest BCUT2D eigenvalue weighted by Crippen LogP contribution is -2.22. The van der Waals surface area contributed by atoms with Gasteiger partial charge in [0.05, 0.1) is 11.7 Å². The summed E-state index contributed by atoms with van der Waals surface area (Å²) in [5.74, 6) is -0.425. The van der Waals surface area contributed by atoms with E-state index in [1.54, 1.807) is 6.92 Å². The van der Waals surface area contributed by atoms with Crippen molar-refractivity contribution in [2.24, 2.45) is 0 Å². The van der Waals surface area contributed by atoms with Gasteiger partial charge >= 0.3 is 5.97 Å². The first-order chi connectivity index (χ1) is 8.33. The maximum Gasteiger partial charge on any atom is 0.337 e. The van der Waals surface area contributed by atoms with E-state index >= 15 is 0 Å². The Morgan fingerprint density at radius 1 is 1.22 bits per heavy atom. The highest BCUT2D eigenvalue weighted by Crippen LogP contribution is 2.40. The number of esters is 1. The molecule has 0 amide bonds. The van der Waals surface area contributed by atoms with Crippen molar-refractivity contribution >= 4 is 11.5 Å². The third-order valence-corrected chi connectivity index (χ3v) is 3.20. The minimum atomic E-state index is -0.824. The van der Waals surface area contributed by atoms with E-state index in [1.807, 2.05) is 45.0 Å². The number of aryl methyl sites for hydroxylation is 1. The predicted molar refractivity (Wildman–Crippen MR) is 70.0 cm³/mol. The molecule has 1 aliphatic heterocycles. The average Bonchev–Trinajstić information content (AvgIpc) is 2.49. The van der Waals surface area contributed by atoms with Crippen LogP contribution < -0.4 is 0 Å². The lowest BCUT2D eigenvalue weighted by atomic mass is 9.87. The molecular formula is C15H18O3. The summed E-state index contributed by atoms with van der Waals surface area (Å²) >= 11 is 0. The van der Waals surface area contributed by atoms with Gasteiger partial charge in [-0.2, -0.15) is 0 Å². The fraction of sp³-hybridized carbons (Fsp3) is 0.400. The lowest BCUT2D eigenvalue weighted by molar-refractivity contribution is -0.144. The molecule has 0 saturated heterocycles. The molecule has 1 atom stereocenters. The van der Waals surface area contributed by atoms with Crippen LogP contribution in [0, 0.1) is 6.92 Å². The molecule has 0 aromatic heterocycles. The number of carbonyl (C=O) groups excluding carboxylic acids is 1. The molecule has 0 fully saturated rings. The van der Waals surface area contributed by atoms with Crippen LogP contribution in [0.2, 0.25) is 0 Å². The van der Waals surface area contributed by atoms with Gasteiger partial charge in [-0.3, -0.25) is 0 Å². The number of aliphatic hydroxyl groups excluding tert-OH is 1. The number of cyclic esters (lactones) is 1. The van der Waals surface area contributed by atoms with Crippen LogP contribution in [0.1, 0.15) is 31.9 Å². The molecule has 3 nitrogen and oxygen atoms in total. The van der Waals surface area contributed by atoms with Crippen LogP contribution in [0.5, 0.6) is 0 Å². The Labute approximate surface area is 107 Å². The average molecular weight is 246 g/mol.